The Balaban J connectivity index is 2.13. The number of rotatable bonds is 2. The van der Waals surface area contributed by atoms with Crippen LogP contribution in [0.3, 0.4) is 0 Å². The van der Waals surface area contributed by atoms with Crippen LogP contribution in [0.4, 0.5) is 11.8 Å². The number of nitrogen functional groups attached to an aromatic ring is 2. The zero-order valence-corrected chi connectivity index (χ0v) is 12.2. The third kappa shape index (κ3) is 2.13. The molecule has 4 atom stereocenters. The van der Waals surface area contributed by atoms with Gasteiger partial charge < -0.3 is 31.5 Å². The number of fused-ring (bicyclic) bond motifs is 1. The van der Waals surface area contributed by atoms with Gasteiger partial charge in [-0.1, -0.05) is 0 Å². The monoisotopic (exact) mass is 360 g/mol. The minimum atomic E-state index is -1.28. The zero-order valence-electron chi connectivity index (χ0n) is 10.6. The number of ether oxygens (including phenoxy) is 1. The molecule has 0 aromatic carbocycles. The van der Waals surface area contributed by atoms with Crippen LogP contribution in [0.15, 0.2) is 4.60 Å². The molecule has 0 spiro atoms. The molecular formula is C10H13BrN6O4. The molecule has 114 valence electrons. The molecule has 2 aromatic heterocycles. The van der Waals surface area contributed by atoms with E-state index in [0.717, 1.165) is 0 Å². The van der Waals surface area contributed by atoms with Crippen LogP contribution in [-0.4, -0.2) is 60.0 Å². The zero-order chi connectivity index (χ0) is 15.3. The highest BCUT2D eigenvalue weighted by Crippen LogP contribution is 2.34. The van der Waals surface area contributed by atoms with E-state index in [-0.39, 0.29) is 17.4 Å². The predicted molar refractivity (Wildman–Crippen MR) is 74.9 cm³/mol. The summed E-state index contributed by atoms with van der Waals surface area (Å²) in [5.41, 5.74) is 11.6. The molecule has 3 heterocycles. The molecule has 1 saturated heterocycles. The molecule has 0 unspecified atom stereocenters. The lowest BCUT2D eigenvalue weighted by Gasteiger charge is -2.15. The Morgan fingerprint density at radius 1 is 1.24 bits per heavy atom. The van der Waals surface area contributed by atoms with Crippen molar-refractivity contribution in [1.29, 1.82) is 0 Å². The number of anilines is 2. The van der Waals surface area contributed by atoms with Crippen LogP contribution in [0, 0.1) is 0 Å². The lowest BCUT2D eigenvalue weighted by atomic mass is 10.1. The maximum Gasteiger partial charge on any atom is 0.224 e. The molecule has 0 saturated carbocycles. The van der Waals surface area contributed by atoms with Gasteiger partial charge in [0.15, 0.2) is 11.9 Å². The van der Waals surface area contributed by atoms with Gasteiger partial charge in [-0.05, 0) is 15.9 Å². The van der Waals surface area contributed by atoms with Crippen LogP contribution in [0.5, 0.6) is 0 Å². The summed E-state index contributed by atoms with van der Waals surface area (Å²) in [7, 11) is 0. The largest absolute Gasteiger partial charge is 0.394 e. The van der Waals surface area contributed by atoms with E-state index in [1.165, 1.54) is 4.68 Å². The fourth-order valence-electron chi connectivity index (χ4n) is 2.30. The average Bonchev–Trinajstić information content (AvgIpc) is 2.89. The third-order valence-electron chi connectivity index (χ3n) is 3.31. The average molecular weight is 361 g/mol. The summed E-state index contributed by atoms with van der Waals surface area (Å²) < 4.78 is 7.01. The molecule has 1 fully saturated rings. The third-order valence-corrected chi connectivity index (χ3v) is 3.87. The van der Waals surface area contributed by atoms with Gasteiger partial charge in [0.05, 0.1) is 12.0 Å². The SMILES string of the molecule is Nc1nc(N)c2c(Br)nn([C@@H]3O[C@H](CO)[C@@H](O)[C@H]3O)c2n1. The van der Waals surface area contributed by atoms with E-state index in [0.29, 0.717) is 9.99 Å². The number of hydrogen-bond donors (Lipinski definition) is 5. The van der Waals surface area contributed by atoms with Gasteiger partial charge >= 0.3 is 0 Å². The van der Waals surface area contributed by atoms with E-state index < -0.39 is 31.1 Å². The second kappa shape index (κ2) is 5.03. The fraction of sp³-hybridized carbons (Fsp3) is 0.500. The number of halogens is 1. The van der Waals surface area contributed by atoms with Gasteiger partial charge in [0.1, 0.15) is 28.7 Å². The summed E-state index contributed by atoms with van der Waals surface area (Å²) >= 11 is 3.23. The first-order valence-corrected chi connectivity index (χ1v) is 6.82. The Morgan fingerprint density at radius 2 is 1.95 bits per heavy atom. The lowest BCUT2D eigenvalue weighted by molar-refractivity contribution is -0.0567. The summed E-state index contributed by atoms with van der Waals surface area (Å²) in [4.78, 5) is 7.87. The van der Waals surface area contributed by atoms with Gasteiger partial charge in [-0.2, -0.15) is 15.1 Å². The molecule has 10 nitrogen and oxygen atoms in total. The van der Waals surface area contributed by atoms with Crippen molar-refractivity contribution in [3.63, 3.8) is 0 Å². The molecular weight excluding hydrogens is 348 g/mol. The summed E-state index contributed by atoms with van der Waals surface area (Å²) in [6.45, 7) is -0.436. The number of nitrogens with two attached hydrogens (primary N) is 2. The molecule has 21 heavy (non-hydrogen) atoms. The molecule has 1 aliphatic rings. The molecule has 3 rings (SSSR count). The topological polar surface area (TPSA) is 166 Å². The minimum absolute atomic E-state index is 0.0552. The number of aliphatic hydroxyl groups is 3. The first kappa shape index (κ1) is 14.4. The van der Waals surface area contributed by atoms with Crippen molar-refractivity contribution < 1.29 is 20.1 Å². The highest BCUT2D eigenvalue weighted by atomic mass is 79.9. The van der Waals surface area contributed by atoms with Gasteiger partial charge in [0.25, 0.3) is 0 Å². The highest BCUT2D eigenvalue weighted by molar-refractivity contribution is 9.10. The van der Waals surface area contributed by atoms with Crippen LogP contribution in [0.25, 0.3) is 11.0 Å². The Morgan fingerprint density at radius 3 is 2.57 bits per heavy atom. The Labute approximate surface area is 126 Å². The van der Waals surface area contributed by atoms with Crippen molar-refractivity contribution in [1.82, 2.24) is 19.7 Å². The number of nitrogens with zero attached hydrogens (tertiary/aromatic N) is 4. The first-order chi connectivity index (χ1) is 9.93. The number of hydrogen-bond acceptors (Lipinski definition) is 9. The van der Waals surface area contributed by atoms with Gasteiger partial charge in [-0.15, -0.1) is 0 Å². The van der Waals surface area contributed by atoms with E-state index in [1.54, 1.807) is 0 Å². The van der Waals surface area contributed by atoms with Gasteiger partial charge in [0, 0.05) is 0 Å². The van der Waals surface area contributed by atoms with Crippen LogP contribution < -0.4 is 11.5 Å². The van der Waals surface area contributed by atoms with Gasteiger partial charge in [-0.3, -0.25) is 0 Å². The Bertz CT molecular complexity index is 694. The maximum absolute atomic E-state index is 10.1. The van der Waals surface area contributed by atoms with Gasteiger partial charge in [0.2, 0.25) is 5.95 Å². The van der Waals surface area contributed by atoms with Crippen LogP contribution in [0.1, 0.15) is 6.23 Å². The van der Waals surface area contributed by atoms with E-state index in [4.69, 9.17) is 21.3 Å². The van der Waals surface area contributed by atoms with Crippen molar-refractivity contribution in [2.24, 2.45) is 0 Å². The van der Waals surface area contributed by atoms with Crippen molar-refractivity contribution in [2.45, 2.75) is 24.5 Å². The molecule has 7 N–H and O–H groups in total. The summed E-state index contributed by atoms with van der Waals surface area (Å²) in [5.74, 6) is 0.0720. The Hall–Kier alpha value is -1.53. The molecule has 0 bridgehead atoms. The quantitative estimate of drug-likeness (QED) is 0.422. The molecule has 0 radical (unpaired) electrons. The van der Waals surface area contributed by atoms with E-state index in [1.807, 2.05) is 0 Å². The van der Waals surface area contributed by atoms with Gasteiger partial charge in [-0.25, -0.2) is 4.68 Å². The second-order valence-electron chi connectivity index (χ2n) is 4.63. The highest BCUT2D eigenvalue weighted by Gasteiger charge is 2.44. The van der Waals surface area contributed by atoms with Crippen LogP contribution >= 0.6 is 15.9 Å². The number of aliphatic hydroxyl groups excluding tert-OH is 3. The van der Waals surface area contributed by atoms with E-state index in [2.05, 4.69) is 31.0 Å². The Kier molecular flexibility index (Phi) is 3.45. The first-order valence-electron chi connectivity index (χ1n) is 6.03. The fourth-order valence-corrected chi connectivity index (χ4v) is 2.85. The minimum Gasteiger partial charge on any atom is -0.394 e. The van der Waals surface area contributed by atoms with Crippen molar-refractivity contribution >= 4 is 38.7 Å². The van der Waals surface area contributed by atoms with Crippen molar-refractivity contribution in [2.75, 3.05) is 18.1 Å². The smallest absolute Gasteiger partial charge is 0.224 e. The van der Waals surface area contributed by atoms with Crippen LogP contribution in [-0.2, 0) is 4.74 Å². The van der Waals surface area contributed by atoms with E-state index >= 15 is 0 Å². The summed E-state index contributed by atoms with van der Waals surface area (Å²) in [6, 6.07) is 0. The molecule has 1 aliphatic heterocycles. The van der Waals surface area contributed by atoms with Crippen LogP contribution in [0.2, 0.25) is 0 Å². The maximum atomic E-state index is 10.1. The molecule has 0 aliphatic carbocycles. The molecule has 2 aromatic rings. The standard InChI is InChI=1S/C10H13BrN6O4/c11-6-3-7(12)14-10(13)15-8(3)17(16-6)9-5(20)4(19)2(1-18)21-9/h2,4-5,9,18-20H,1H2,(H4,12,13,14,15)/t2-,4-,5-,9-/m1/s1. The van der Waals surface area contributed by atoms with Crippen molar-refractivity contribution in [3.05, 3.63) is 4.60 Å². The van der Waals surface area contributed by atoms with E-state index in [9.17, 15) is 10.2 Å². The normalized spacial score (nSPS) is 29.3. The molecule has 0 amide bonds. The second-order valence-corrected chi connectivity index (χ2v) is 5.38. The van der Waals surface area contributed by atoms with Crippen molar-refractivity contribution in [3.8, 4) is 0 Å². The molecule has 11 heteroatoms. The number of aromatic nitrogens is 4. The summed E-state index contributed by atoms with van der Waals surface area (Å²) in [6.07, 6.45) is -4.47. The predicted octanol–water partition coefficient (Wildman–Crippen LogP) is -1.64. The summed E-state index contributed by atoms with van der Waals surface area (Å²) in [5, 5.41) is 33.5. The lowest BCUT2D eigenvalue weighted by Crippen LogP contribution is -2.33.